The Hall–Kier alpha value is -1.39. The van der Waals surface area contributed by atoms with Gasteiger partial charge in [-0.25, -0.2) is 0 Å². The first kappa shape index (κ1) is 13.1. The van der Waals surface area contributed by atoms with Crippen LogP contribution in [0.15, 0.2) is 40.9 Å². The zero-order valence-electron chi connectivity index (χ0n) is 9.61. The maximum absolute atomic E-state index is 5.83. The Kier molecular flexibility index (Phi) is 3.99. The molecule has 0 unspecified atom stereocenters. The van der Waals surface area contributed by atoms with Crippen molar-refractivity contribution >= 4 is 33.2 Å². The maximum Gasteiger partial charge on any atom is 0.150 e. The highest BCUT2D eigenvalue weighted by Crippen LogP contribution is 2.35. The highest BCUT2D eigenvalue weighted by molar-refractivity contribution is 9.10. The first-order valence-electron chi connectivity index (χ1n) is 5.16. The first-order chi connectivity index (χ1) is 8.60. The predicted molar refractivity (Wildman–Crippen MR) is 76.6 cm³/mol. The molecule has 0 aliphatic rings. The van der Waals surface area contributed by atoms with Crippen molar-refractivity contribution in [3.05, 3.63) is 45.9 Å². The molecule has 0 amide bonds. The molecule has 2 aromatic carbocycles. The van der Waals surface area contributed by atoms with Gasteiger partial charge in [-0.2, -0.15) is 0 Å². The highest BCUT2D eigenvalue weighted by Gasteiger charge is 2.07. The van der Waals surface area contributed by atoms with Gasteiger partial charge in [0.25, 0.3) is 0 Å². The van der Waals surface area contributed by atoms with E-state index in [2.05, 4.69) is 15.9 Å². The van der Waals surface area contributed by atoms with Gasteiger partial charge in [0.05, 0.1) is 17.3 Å². The van der Waals surface area contributed by atoms with Crippen molar-refractivity contribution < 1.29 is 9.47 Å². The van der Waals surface area contributed by atoms with Crippen molar-refractivity contribution in [2.75, 3.05) is 12.8 Å². The lowest BCUT2D eigenvalue weighted by molar-refractivity contribution is 0.412. The third-order valence-electron chi connectivity index (χ3n) is 2.33. The normalized spacial score (nSPS) is 10.2. The Labute approximate surface area is 119 Å². The predicted octanol–water partition coefficient (Wildman–Crippen LogP) is 4.49. The van der Waals surface area contributed by atoms with Crippen molar-refractivity contribution in [3.8, 4) is 17.2 Å². The van der Waals surface area contributed by atoms with Crippen LogP contribution in [0.1, 0.15) is 0 Å². The first-order valence-corrected chi connectivity index (χ1v) is 6.33. The van der Waals surface area contributed by atoms with Gasteiger partial charge in [-0.3, -0.25) is 0 Å². The fourth-order valence-electron chi connectivity index (χ4n) is 1.42. The van der Waals surface area contributed by atoms with E-state index in [9.17, 15) is 0 Å². The number of hydrogen-bond acceptors (Lipinski definition) is 3. The molecule has 0 saturated carbocycles. The minimum Gasteiger partial charge on any atom is -0.497 e. The number of halogens is 2. The lowest BCUT2D eigenvalue weighted by Crippen LogP contribution is -1.93. The van der Waals surface area contributed by atoms with E-state index >= 15 is 0 Å². The van der Waals surface area contributed by atoms with Gasteiger partial charge in [-0.1, -0.05) is 11.6 Å². The monoisotopic (exact) mass is 327 g/mol. The molecule has 18 heavy (non-hydrogen) atoms. The van der Waals surface area contributed by atoms with Gasteiger partial charge < -0.3 is 15.2 Å². The third kappa shape index (κ3) is 2.89. The molecule has 0 aliphatic carbocycles. The third-order valence-corrected chi connectivity index (χ3v) is 3.19. The van der Waals surface area contributed by atoms with E-state index in [0.717, 1.165) is 10.2 Å². The summed E-state index contributed by atoms with van der Waals surface area (Å²) in [5.74, 6) is 1.97. The Morgan fingerprint density at radius 3 is 2.44 bits per heavy atom. The topological polar surface area (TPSA) is 44.5 Å². The summed E-state index contributed by atoms with van der Waals surface area (Å²) in [5.41, 5.74) is 6.32. The van der Waals surface area contributed by atoms with Gasteiger partial charge in [0.15, 0.2) is 0 Å². The smallest absolute Gasteiger partial charge is 0.150 e. The number of nitrogens with two attached hydrogens (primary N) is 1. The summed E-state index contributed by atoms with van der Waals surface area (Å²) in [6.45, 7) is 0. The number of anilines is 1. The van der Waals surface area contributed by atoms with Crippen LogP contribution in [0.2, 0.25) is 5.02 Å². The van der Waals surface area contributed by atoms with Crippen LogP contribution in [0.4, 0.5) is 5.69 Å². The van der Waals surface area contributed by atoms with Crippen LogP contribution in [-0.2, 0) is 0 Å². The highest BCUT2D eigenvalue weighted by atomic mass is 79.9. The molecule has 0 aliphatic heterocycles. The van der Waals surface area contributed by atoms with Gasteiger partial charge >= 0.3 is 0 Å². The van der Waals surface area contributed by atoms with Crippen LogP contribution in [-0.4, -0.2) is 7.11 Å². The molecule has 0 saturated heterocycles. The second kappa shape index (κ2) is 5.50. The zero-order chi connectivity index (χ0) is 13.1. The molecule has 0 heterocycles. The standard InChI is InChI=1S/C13H11BrClNO2/c1-17-9-3-5-12(10(14)7-9)18-13-4-2-8(15)6-11(13)16/h2-7H,16H2,1H3. The second-order valence-corrected chi connectivity index (χ2v) is 4.87. The molecule has 3 nitrogen and oxygen atoms in total. The Bertz CT molecular complexity index is 575. The van der Waals surface area contributed by atoms with E-state index < -0.39 is 0 Å². The number of rotatable bonds is 3. The summed E-state index contributed by atoms with van der Waals surface area (Å²) in [5, 5.41) is 0.577. The number of methoxy groups -OCH3 is 1. The van der Waals surface area contributed by atoms with Gasteiger partial charge in [0, 0.05) is 5.02 Å². The zero-order valence-corrected chi connectivity index (χ0v) is 12.0. The Morgan fingerprint density at radius 2 is 1.83 bits per heavy atom. The number of ether oxygens (including phenoxy) is 2. The molecule has 0 spiro atoms. The maximum atomic E-state index is 5.83. The molecular weight excluding hydrogens is 318 g/mol. The van der Waals surface area contributed by atoms with Crippen LogP contribution in [0.25, 0.3) is 0 Å². The summed E-state index contributed by atoms with van der Waals surface area (Å²) in [7, 11) is 1.61. The fraction of sp³-hybridized carbons (Fsp3) is 0.0769. The van der Waals surface area contributed by atoms with E-state index in [1.165, 1.54) is 0 Å². The molecule has 2 N–H and O–H groups in total. The van der Waals surface area contributed by atoms with E-state index in [1.807, 2.05) is 12.1 Å². The quantitative estimate of drug-likeness (QED) is 0.845. The van der Waals surface area contributed by atoms with Gasteiger partial charge in [0.2, 0.25) is 0 Å². The van der Waals surface area contributed by atoms with Crippen LogP contribution in [0.3, 0.4) is 0 Å². The van der Waals surface area contributed by atoms with Crippen LogP contribution in [0.5, 0.6) is 17.2 Å². The van der Waals surface area contributed by atoms with Crippen LogP contribution >= 0.6 is 27.5 Å². The molecule has 94 valence electrons. The van der Waals surface area contributed by atoms with E-state index in [0.29, 0.717) is 22.2 Å². The van der Waals surface area contributed by atoms with Crippen LogP contribution in [0, 0.1) is 0 Å². The van der Waals surface area contributed by atoms with E-state index in [1.54, 1.807) is 31.4 Å². The lowest BCUT2D eigenvalue weighted by atomic mass is 10.3. The summed E-state index contributed by atoms with van der Waals surface area (Å²) in [4.78, 5) is 0. The molecular formula is C13H11BrClNO2. The summed E-state index contributed by atoms with van der Waals surface area (Å²) < 4.78 is 11.6. The minimum atomic E-state index is 0.491. The largest absolute Gasteiger partial charge is 0.497 e. The van der Waals surface area contributed by atoms with Crippen molar-refractivity contribution in [2.24, 2.45) is 0 Å². The lowest BCUT2D eigenvalue weighted by Gasteiger charge is -2.11. The van der Waals surface area contributed by atoms with Crippen LogP contribution < -0.4 is 15.2 Å². The molecule has 0 aromatic heterocycles. The molecule has 0 atom stereocenters. The average molecular weight is 329 g/mol. The van der Waals surface area contributed by atoms with Crippen molar-refractivity contribution in [3.63, 3.8) is 0 Å². The van der Waals surface area contributed by atoms with Gasteiger partial charge in [0.1, 0.15) is 17.2 Å². The van der Waals surface area contributed by atoms with E-state index in [4.69, 9.17) is 26.8 Å². The Balaban J connectivity index is 2.28. The second-order valence-electron chi connectivity index (χ2n) is 3.58. The van der Waals surface area contributed by atoms with Crippen molar-refractivity contribution in [1.82, 2.24) is 0 Å². The molecule has 0 fully saturated rings. The number of hydrogen-bond donors (Lipinski definition) is 1. The van der Waals surface area contributed by atoms with Crippen molar-refractivity contribution in [1.29, 1.82) is 0 Å². The minimum absolute atomic E-state index is 0.491. The molecule has 2 rings (SSSR count). The Morgan fingerprint density at radius 1 is 1.11 bits per heavy atom. The number of nitrogen functional groups attached to an aromatic ring is 1. The fourth-order valence-corrected chi connectivity index (χ4v) is 2.04. The molecule has 0 radical (unpaired) electrons. The SMILES string of the molecule is COc1ccc(Oc2ccc(Cl)cc2N)c(Br)c1. The summed E-state index contributed by atoms with van der Waals surface area (Å²) >= 11 is 9.24. The molecule has 2 aromatic rings. The van der Waals surface area contributed by atoms with Gasteiger partial charge in [-0.15, -0.1) is 0 Å². The molecule has 0 bridgehead atoms. The summed E-state index contributed by atoms with van der Waals surface area (Å²) in [6.07, 6.45) is 0. The summed E-state index contributed by atoms with van der Waals surface area (Å²) in [6, 6.07) is 10.5. The molecule has 5 heteroatoms. The van der Waals surface area contributed by atoms with Gasteiger partial charge in [-0.05, 0) is 52.3 Å². The van der Waals surface area contributed by atoms with E-state index in [-0.39, 0.29) is 0 Å². The number of benzene rings is 2. The van der Waals surface area contributed by atoms with Crippen molar-refractivity contribution in [2.45, 2.75) is 0 Å². The average Bonchev–Trinajstić information content (AvgIpc) is 2.34.